The van der Waals surface area contributed by atoms with Crippen molar-refractivity contribution in [2.45, 2.75) is 232 Å². The highest BCUT2D eigenvalue weighted by molar-refractivity contribution is 5.71. The highest BCUT2D eigenvalue weighted by Gasteiger charge is 2.19. The first-order chi connectivity index (χ1) is 32.0. The smallest absolute Gasteiger partial charge is 0.306 e. The molecular weight excluding hydrogens is 805 g/mol. The third-order valence-electron chi connectivity index (χ3n) is 10.8. The number of allylic oxidation sites excluding steroid dienone is 18. The van der Waals surface area contributed by atoms with Gasteiger partial charge in [-0.15, -0.1) is 0 Å². The molecule has 1 unspecified atom stereocenters. The van der Waals surface area contributed by atoms with Crippen LogP contribution in [-0.2, 0) is 28.6 Å². The maximum absolute atomic E-state index is 12.7. The largest absolute Gasteiger partial charge is 0.462 e. The molecule has 0 aliphatic heterocycles. The fraction of sp³-hybridized carbons (Fsp3) is 0.644. The Morgan fingerprint density at radius 1 is 0.323 bits per heavy atom. The Balaban J connectivity index is 4.15. The fourth-order valence-electron chi connectivity index (χ4n) is 6.87. The first kappa shape index (κ1) is 61.1. The molecule has 0 bridgehead atoms. The molecule has 0 fully saturated rings. The van der Waals surface area contributed by atoms with Crippen LogP contribution in [0.25, 0.3) is 0 Å². The minimum atomic E-state index is -0.788. The summed E-state index contributed by atoms with van der Waals surface area (Å²) in [6.45, 7) is 6.29. The van der Waals surface area contributed by atoms with Gasteiger partial charge in [-0.3, -0.25) is 14.4 Å². The number of esters is 3. The van der Waals surface area contributed by atoms with E-state index in [1.54, 1.807) is 0 Å². The van der Waals surface area contributed by atoms with Crippen LogP contribution in [0.5, 0.6) is 0 Å². The molecule has 0 aliphatic carbocycles. The lowest BCUT2D eigenvalue weighted by atomic mass is 10.1. The van der Waals surface area contributed by atoms with Gasteiger partial charge in [-0.2, -0.15) is 0 Å². The molecular formula is C59H96O6. The van der Waals surface area contributed by atoms with Gasteiger partial charge in [0.1, 0.15) is 13.2 Å². The van der Waals surface area contributed by atoms with Crippen LogP contribution in [0.1, 0.15) is 226 Å². The van der Waals surface area contributed by atoms with E-state index in [1.807, 2.05) is 0 Å². The molecule has 0 saturated heterocycles. The topological polar surface area (TPSA) is 78.9 Å². The summed E-state index contributed by atoms with van der Waals surface area (Å²) >= 11 is 0. The number of hydrogen-bond donors (Lipinski definition) is 0. The van der Waals surface area contributed by atoms with Crippen LogP contribution < -0.4 is 0 Å². The third-order valence-corrected chi connectivity index (χ3v) is 10.8. The maximum atomic E-state index is 12.7. The lowest BCUT2D eigenvalue weighted by Gasteiger charge is -2.18. The minimum Gasteiger partial charge on any atom is -0.462 e. The highest BCUT2D eigenvalue weighted by Crippen LogP contribution is 2.14. The normalized spacial score (nSPS) is 13.0. The average molecular weight is 901 g/mol. The lowest BCUT2D eigenvalue weighted by molar-refractivity contribution is -0.167. The van der Waals surface area contributed by atoms with Crippen molar-refractivity contribution in [3.8, 4) is 0 Å². The van der Waals surface area contributed by atoms with Gasteiger partial charge < -0.3 is 14.2 Å². The Bertz CT molecular complexity index is 1360. The summed E-state index contributed by atoms with van der Waals surface area (Å²) in [6, 6.07) is 0. The van der Waals surface area contributed by atoms with Crippen molar-refractivity contribution in [2.75, 3.05) is 13.2 Å². The molecule has 6 nitrogen and oxygen atoms in total. The first-order valence-electron chi connectivity index (χ1n) is 26.4. The van der Waals surface area contributed by atoms with Crippen LogP contribution in [-0.4, -0.2) is 37.2 Å². The molecule has 0 heterocycles. The molecule has 0 radical (unpaired) electrons. The highest BCUT2D eigenvalue weighted by atomic mass is 16.6. The minimum absolute atomic E-state index is 0.0899. The lowest BCUT2D eigenvalue weighted by Crippen LogP contribution is -2.30. The molecule has 0 aliphatic rings. The van der Waals surface area contributed by atoms with Gasteiger partial charge in [0, 0.05) is 19.3 Å². The Hall–Kier alpha value is -3.93. The van der Waals surface area contributed by atoms with Gasteiger partial charge in [0.05, 0.1) is 0 Å². The van der Waals surface area contributed by atoms with E-state index in [0.29, 0.717) is 19.3 Å². The molecule has 0 amide bonds. The molecule has 0 spiro atoms. The second-order valence-corrected chi connectivity index (χ2v) is 17.0. The first-order valence-corrected chi connectivity index (χ1v) is 26.4. The van der Waals surface area contributed by atoms with Gasteiger partial charge in [-0.1, -0.05) is 214 Å². The van der Waals surface area contributed by atoms with E-state index >= 15 is 0 Å². The third kappa shape index (κ3) is 50.9. The van der Waals surface area contributed by atoms with Crippen LogP contribution in [0.2, 0.25) is 0 Å². The van der Waals surface area contributed by atoms with Gasteiger partial charge in [-0.05, 0) is 103 Å². The second-order valence-electron chi connectivity index (χ2n) is 17.0. The second kappa shape index (κ2) is 52.7. The summed E-state index contributed by atoms with van der Waals surface area (Å²) < 4.78 is 16.6. The van der Waals surface area contributed by atoms with E-state index in [9.17, 15) is 14.4 Å². The zero-order valence-electron chi connectivity index (χ0n) is 42.0. The van der Waals surface area contributed by atoms with Gasteiger partial charge in [0.2, 0.25) is 0 Å². The van der Waals surface area contributed by atoms with Crippen LogP contribution in [0.15, 0.2) is 109 Å². The Kier molecular flexibility index (Phi) is 49.5. The molecule has 6 heteroatoms. The fourth-order valence-corrected chi connectivity index (χ4v) is 6.87. The van der Waals surface area contributed by atoms with E-state index in [1.165, 1.54) is 38.5 Å². The summed E-state index contributed by atoms with van der Waals surface area (Å²) in [6.07, 6.45) is 71.2. The van der Waals surface area contributed by atoms with Crippen molar-refractivity contribution in [1.82, 2.24) is 0 Å². The van der Waals surface area contributed by atoms with Crippen LogP contribution in [0.3, 0.4) is 0 Å². The van der Waals surface area contributed by atoms with Crippen molar-refractivity contribution in [1.29, 1.82) is 0 Å². The number of ether oxygens (including phenoxy) is 3. The molecule has 0 N–H and O–H groups in total. The Morgan fingerprint density at radius 2 is 0.600 bits per heavy atom. The monoisotopic (exact) mass is 901 g/mol. The number of rotatable bonds is 46. The molecule has 0 aromatic rings. The summed E-state index contributed by atoms with van der Waals surface area (Å²) in [7, 11) is 0. The van der Waals surface area contributed by atoms with Crippen molar-refractivity contribution >= 4 is 17.9 Å². The molecule has 65 heavy (non-hydrogen) atoms. The maximum Gasteiger partial charge on any atom is 0.306 e. The Labute approximate surface area is 400 Å². The zero-order valence-corrected chi connectivity index (χ0v) is 42.0. The quantitative estimate of drug-likeness (QED) is 0.0262. The van der Waals surface area contributed by atoms with Crippen molar-refractivity contribution < 1.29 is 28.6 Å². The van der Waals surface area contributed by atoms with E-state index in [4.69, 9.17) is 14.2 Å². The average Bonchev–Trinajstić information content (AvgIpc) is 3.30. The predicted molar refractivity (Wildman–Crippen MR) is 279 cm³/mol. The summed E-state index contributed by atoms with van der Waals surface area (Å²) in [5.41, 5.74) is 0. The van der Waals surface area contributed by atoms with E-state index in [0.717, 1.165) is 148 Å². The van der Waals surface area contributed by atoms with E-state index in [-0.39, 0.29) is 31.1 Å². The van der Waals surface area contributed by atoms with Crippen LogP contribution in [0, 0.1) is 0 Å². The van der Waals surface area contributed by atoms with Gasteiger partial charge in [0.25, 0.3) is 0 Å². The standard InChI is InChI=1S/C59H96O6/c1-4-7-10-13-15-17-19-21-23-24-25-26-27-28-29-30-31-32-33-34-36-37-39-41-43-46-49-52-58(61)64-55-56(54-63-57(60)51-48-45-12-9-6-3)65-59(62)53-50-47-44-42-40-38-35-22-20-18-16-14-11-8-5-2/h7-8,10-11,15-18,21-23,25-26,28-29,31-32,35,56H,4-6,9,12-14,19-20,24,27,30,33-34,36-55H2,1-3H3/b10-7-,11-8-,17-15-,18-16-,23-21-,26-25-,29-28-,32-31-,35-22-. The number of hydrogen-bond acceptors (Lipinski definition) is 6. The summed E-state index contributed by atoms with van der Waals surface area (Å²) in [5.74, 6) is -0.935. The number of unbranched alkanes of at least 4 members (excludes halogenated alkanes) is 17. The molecule has 0 saturated carbocycles. The van der Waals surface area contributed by atoms with E-state index in [2.05, 4.69) is 130 Å². The van der Waals surface area contributed by atoms with Crippen molar-refractivity contribution in [2.24, 2.45) is 0 Å². The number of carbonyl (C=O) groups is 3. The van der Waals surface area contributed by atoms with E-state index < -0.39 is 6.10 Å². The molecule has 0 aromatic heterocycles. The van der Waals surface area contributed by atoms with Crippen LogP contribution in [0.4, 0.5) is 0 Å². The predicted octanol–water partition coefficient (Wildman–Crippen LogP) is 17.5. The van der Waals surface area contributed by atoms with Crippen molar-refractivity contribution in [3.63, 3.8) is 0 Å². The molecule has 368 valence electrons. The van der Waals surface area contributed by atoms with Gasteiger partial charge >= 0.3 is 17.9 Å². The SMILES string of the molecule is CC/C=C\C/C=C\C/C=C\C/C=C\C/C=C\C/C=C\CCCCCCCCCCC(=O)OCC(COC(=O)CCCCCCC)OC(=O)CCCCCCC/C=C\C/C=C\C/C=C\CC. The molecule has 0 aromatic carbocycles. The summed E-state index contributed by atoms with van der Waals surface area (Å²) in [4.78, 5) is 37.7. The van der Waals surface area contributed by atoms with Crippen LogP contribution >= 0.6 is 0 Å². The molecule has 0 rings (SSSR count). The number of carbonyl (C=O) groups excluding carboxylic acids is 3. The summed E-state index contributed by atoms with van der Waals surface area (Å²) in [5, 5.41) is 0. The van der Waals surface area contributed by atoms with Gasteiger partial charge in [0.15, 0.2) is 6.10 Å². The Morgan fingerprint density at radius 3 is 0.938 bits per heavy atom. The van der Waals surface area contributed by atoms with Gasteiger partial charge in [-0.25, -0.2) is 0 Å². The van der Waals surface area contributed by atoms with Crippen molar-refractivity contribution in [3.05, 3.63) is 109 Å². The zero-order chi connectivity index (χ0) is 47.2. The molecule has 1 atom stereocenters.